The molecule has 0 aromatic carbocycles. The van der Waals surface area contributed by atoms with Crippen molar-refractivity contribution in [2.75, 3.05) is 6.61 Å². The van der Waals surface area contributed by atoms with Crippen LogP contribution in [-0.4, -0.2) is 22.6 Å². The smallest absolute Gasteiger partial charge is 0.220 e. The van der Waals surface area contributed by atoms with Crippen molar-refractivity contribution in [1.82, 2.24) is 10.3 Å². The van der Waals surface area contributed by atoms with E-state index < -0.39 is 0 Å². The highest BCUT2D eigenvalue weighted by Crippen LogP contribution is 2.07. The minimum Gasteiger partial charge on any atom is -0.396 e. The third-order valence-corrected chi connectivity index (χ3v) is 2.07. The molecule has 0 fully saturated rings. The fourth-order valence-electron chi connectivity index (χ4n) is 1.26. The van der Waals surface area contributed by atoms with Crippen molar-refractivity contribution in [3.05, 3.63) is 30.1 Å². The van der Waals surface area contributed by atoms with E-state index in [0.29, 0.717) is 12.8 Å². The number of pyridine rings is 1. The van der Waals surface area contributed by atoms with Crippen LogP contribution in [0, 0.1) is 0 Å². The zero-order chi connectivity index (χ0) is 11.1. The van der Waals surface area contributed by atoms with E-state index >= 15 is 0 Å². The average Bonchev–Trinajstić information content (AvgIpc) is 2.27. The highest BCUT2D eigenvalue weighted by molar-refractivity contribution is 5.76. The summed E-state index contributed by atoms with van der Waals surface area (Å²) in [5, 5.41) is 11.4. The second-order valence-corrected chi connectivity index (χ2v) is 3.37. The quantitative estimate of drug-likeness (QED) is 0.759. The summed E-state index contributed by atoms with van der Waals surface area (Å²) in [6.45, 7) is 1.94. The molecule has 4 nitrogen and oxygen atoms in total. The predicted molar refractivity (Wildman–Crippen MR) is 57.1 cm³/mol. The van der Waals surface area contributed by atoms with Crippen LogP contribution in [0.4, 0.5) is 0 Å². The second kappa shape index (κ2) is 6.14. The Morgan fingerprint density at radius 3 is 3.00 bits per heavy atom. The lowest BCUT2D eigenvalue weighted by atomic mass is 10.2. The van der Waals surface area contributed by atoms with E-state index in [2.05, 4.69) is 10.3 Å². The molecule has 1 amide bonds. The molecule has 0 aliphatic carbocycles. The van der Waals surface area contributed by atoms with Crippen LogP contribution in [-0.2, 0) is 4.79 Å². The number of nitrogens with one attached hydrogen (secondary N) is 1. The van der Waals surface area contributed by atoms with Gasteiger partial charge in [-0.3, -0.25) is 9.78 Å². The number of amides is 1. The number of rotatable bonds is 5. The fourth-order valence-corrected chi connectivity index (χ4v) is 1.26. The standard InChI is InChI=1S/C11H16N2O2/c1-9(10-5-2-3-7-12-10)13-11(15)6-4-8-14/h2-3,5,7,9,14H,4,6,8H2,1H3,(H,13,15)/t9-/m0/s1. The average molecular weight is 208 g/mol. The summed E-state index contributed by atoms with van der Waals surface area (Å²) >= 11 is 0. The van der Waals surface area contributed by atoms with Gasteiger partial charge >= 0.3 is 0 Å². The van der Waals surface area contributed by atoms with Gasteiger partial charge in [-0.15, -0.1) is 0 Å². The normalized spacial score (nSPS) is 12.1. The molecule has 1 heterocycles. The first kappa shape index (κ1) is 11.7. The summed E-state index contributed by atoms with van der Waals surface area (Å²) in [5.74, 6) is -0.0535. The van der Waals surface area contributed by atoms with Crippen LogP contribution in [0.2, 0.25) is 0 Å². The fraction of sp³-hybridized carbons (Fsp3) is 0.455. The van der Waals surface area contributed by atoms with Gasteiger partial charge in [0.1, 0.15) is 0 Å². The number of carbonyl (C=O) groups excluding carboxylic acids is 1. The van der Waals surface area contributed by atoms with Gasteiger partial charge in [-0.1, -0.05) is 6.07 Å². The Balaban J connectivity index is 2.42. The van der Waals surface area contributed by atoms with Crippen molar-refractivity contribution in [2.24, 2.45) is 0 Å². The maximum absolute atomic E-state index is 11.3. The van der Waals surface area contributed by atoms with Crippen LogP contribution in [0.15, 0.2) is 24.4 Å². The third-order valence-electron chi connectivity index (χ3n) is 2.07. The number of aromatic nitrogens is 1. The SMILES string of the molecule is C[C@H](NC(=O)CCCO)c1ccccn1. The Kier molecular flexibility index (Phi) is 4.77. The predicted octanol–water partition coefficient (Wildman–Crippen LogP) is 1.03. The number of hydrogen-bond donors (Lipinski definition) is 2. The van der Waals surface area contributed by atoms with E-state index in [0.717, 1.165) is 5.69 Å². The molecule has 0 bridgehead atoms. The van der Waals surface area contributed by atoms with Crippen LogP contribution in [0.3, 0.4) is 0 Å². The molecule has 1 aromatic rings. The summed E-state index contributed by atoms with van der Waals surface area (Å²) < 4.78 is 0. The zero-order valence-electron chi connectivity index (χ0n) is 8.81. The van der Waals surface area contributed by atoms with E-state index in [-0.39, 0.29) is 18.6 Å². The Hall–Kier alpha value is -1.42. The maximum atomic E-state index is 11.3. The van der Waals surface area contributed by atoms with E-state index in [1.165, 1.54) is 0 Å². The monoisotopic (exact) mass is 208 g/mol. The van der Waals surface area contributed by atoms with Crippen molar-refractivity contribution < 1.29 is 9.90 Å². The molecule has 1 aromatic heterocycles. The van der Waals surface area contributed by atoms with Crippen LogP contribution in [0.1, 0.15) is 31.5 Å². The zero-order valence-corrected chi connectivity index (χ0v) is 8.81. The molecule has 82 valence electrons. The van der Waals surface area contributed by atoms with Crippen molar-refractivity contribution >= 4 is 5.91 Å². The largest absolute Gasteiger partial charge is 0.396 e. The summed E-state index contributed by atoms with van der Waals surface area (Å²) in [5.41, 5.74) is 0.842. The molecule has 0 spiro atoms. The first-order chi connectivity index (χ1) is 7.24. The molecule has 0 saturated heterocycles. The van der Waals surface area contributed by atoms with Crippen molar-refractivity contribution in [1.29, 1.82) is 0 Å². The van der Waals surface area contributed by atoms with Crippen molar-refractivity contribution in [3.63, 3.8) is 0 Å². The number of hydrogen-bond acceptors (Lipinski definition) is 3. The topological polar surface area (TPSA) is 62.2 Å². The van der Waals surface area contributed by atoms with Gasteiger partial charge in [0, 0.05) is 19.2 Å². The Labute approximate surface area is 89.3 Å². The first-order valence-electron chi connectivity index (χ1n) is 5.05. The lowest BCUT2D eigenvalue weighted by molar-refractivity contribution is -0.122. The molecule has 15 heavy (non-hydrogen) atoms. The van der Waals surface area contributed by atoms with Gasteiger partial charge in [-0.05, 0) is 25.5 Å². The minimum atomic E-state index is -0.0857. The summed E-state index contributed by atoms with van der Waals surface area (Å²) in [4.78, 5) is 15.5. The molecule has 2 N–H and O–H groups in total. The van der Waals surface area contributed by atoms with Crippen molar-refractivity contribution in [2.45, 2.75) is 25.8 Å². The molecule has 4 heteroatoms. The van der Waals surface area contributed by atoms with Gasteiger partial charge in [0.15, 0.2) is 0 Å². The second-order valence-electron chi connectivity index (χ2n) is 3.37. The summed E-state index contributed by atoms with van der Waals surface area (Å²) in [6, 6.07) is 5.51. The highest BCUT2D eigenvalue weighted by Gasteiger charge is 2.09. The molecule has 0 aliphatic heterocycles. The highest BCUT2D eigenvalue weighted by atomic mass is 16.3. The molecule has 0 saturated carbocycles. The van der Waals surface area contributed by atoms with Crippen LogP contribution in [0.25, 0.3) is 0 Å². The Morgan fingerprint density at radius 2 is 2.40 bits per heavy atom. The van der Waals surface area contributed by atoms with E-state index in [1.807, 2.05) is 25.1 Å². The maximum Gasteiger partial charge on any atom is 0.220 e. The van der Waals surface area contributed by atoms with Gasteiger partial charge in [0.05, 0.1) is 11.7 Å². The van der Waals surface area contributed by atoms with Crippen LogP contribution in [0.5, 0.6) is 0 Å². The molecular formula is C11H16N2O2. The van der Waals surface area contributed by atoms with Gasteiger partial charge in [-0.25, -0.2) is 0 Å². The number of aliphatic hydroxyl groups excluding tert-OH is 1. The molecule has 0 aliphatic rings. The van der Waals surface area contributed by atoms with E-state index in [9.17, 15) is 4.79 Å². The van der Waals surface area contributed by atoms with Gasteiger partial charge in [-0.2, -0.15) is 0 Å². The first-order valence-corrected chi connectivity index (χ1v) is 5.05. The molecule has 1 rings (SSSR count). The Morgan fingerprint density at radius 1 is 1.60 bits per heavy atom. The van der Waals surface area contributed by atoms with E-state index in [4.69, 9.17) is 5.11 Å². The lowest BCUT2D eigenvalue weighted by Crippen LogP contribution is -2.27. The number of carbonyl (C=O) groups is 1. The summed E-state index contributed by atoms with van der Waals surface area (Å²) in [7, 11) is 0. The molecular weight excluding hydrogens is 192 g/mol. The van der Waals surface area contributed by atoms with Gasteiger partial charge in [0.25, 0.3) is 0 Å². The third kappa shape index (κ3) is 4.08. The minimum absolute atomic E-state index is 0.0470. The number of nitrogens with zero attached hydrogens (tertiary/aromatic N) is 1. The lowest BCUT2D eigenvalue weighted by Gasteiger charge is -2.12. The van der Waals surface area contributed by atoms with Crippen LogP contribution >= 0.6 is 0 Å². The van der Waals surface area contributed by atoms with Crippen LogP contribution < -0.4 is 5.32 Å². The van der Waals surface area contributed by atoms with E-state index in [1.54, 1.807) is 6.20 Å². The van der Waals surface area contributed by atoms with Gasteiger partial charge < -0.3 is 10.4 Å². The van der Waals surface area contributed by atoms with Crippen molar-refractivity contribution in [3.8, 4) is 0 Å². The molecule has 1 atom stereocenters. The number of aliphatic hydroxyl groups is 1. The Bertz CT molecular complexity index is 301. The van der Waals surface area contributed by atoms with Gasteiger partial charge in [0.2, 0.25) is 5.91 Å². The summed E-state index contributed by atoms with van der Waals surface area (Å²) in [6.07, 6.45) is 2.56. The molecule has 0 unspecified atom stereocenters. The molecule has 0 radical (unpaired) electrons.